The summed E-state index contributed by atoms with van der Waals surface area (Å²) in [6.45, 7) is 7.48. The topological polar surface area (TPSA) is 66.9 Å². The molecule has 1 aromatic rings. The quantitative estimate of drug-likeness (QED) is 0.771. The van der Waals surface area contributed by atoms with Crippen LogP contribution in [-0.4, -0.2) is 56.8 Å². The summed E-state index contributed by atoms with van der Waals surface area (Å²) in [5, 5.41) is 0. The summed E-state index contributed by atoms with van der Waals surface area (Å²) in [5.41, 5.74) is 0.949. The first-order valence-corrected chi connectivity index (χ1v) is 10.2. The van der Waals surface area contributed by atoms with Gasteiger partial charge in [-0.2, -0.15) is 4.31 Å². The van der Waals surface area contributed by atoms with Crippen LogP contribution in [0.5, 0.6) is 5.75 Å². The lowest BCUT2D eigenvalue weighted by Gasteiger charge is -2.34. The van der Waals surface area contributed by atoms with Crippen LogP contribution < -0.4 is 4.74 Å². The molecule has 0 aromatic heterocycles. The normalized spacial score (nSPS) is 16.3. The number of piperazine rings is 1. The molecule has 140 valence electrons. The molecular formula is C18H28N2O4S. The van der Waals surface area contributed by atoms with E-state index in [9.17, 15) is 13.2 Å². The molecule has 0 radical (unpaired) electrons. The lowest BCUT2D eigenvalue weighted by molar-refractivity contribution is -0.133. The van der Waals surface area contributed by atoms with E-state index in [1.54, 1.807) is 17.0 Å². The van der Waals surface area contributed by atoms with E-state index in [1.165, 1.54) is 11.4 Å². The van der Waals surface area contributed by atoms with E-state index in [1.807, 2.05) is 26.8 Å². The van der Waals surface area contributed by atoms with E-state index in [4.69, 9.17) is 4.74 Å². The van der Waals surface area contributed by atoms with Crippen molar-refractivity contribution in [2.45, 2.75) is 38.5 Å². The molecule has 1 fully saturated rings. The molecule has 7 heteroatoms. The maximum Gasteiger partial charge on any atom is 0.246 e. The van der Waals surface area contributed by atoms with Crippen molar-refractivity contribution in [1.29, 1.82) is 0 Å². The number of benzene rings is 1. The third kappa shape index (κ3) is 4.52. The van der Waals surface area contributed by atoms with Crippen molar-refractivity contribution in [2.75, 3.05) is 33.3 Å². The second-order valence-corrected chi connectivity index (χ2v) is 8.63. The monoisotopic (exact) mass is 368 g/mol. The average Bonchev–Trinajstić information content (AvgIpc) is 2.60. The Balaban J connectivity index is 2.16. The molecule has 0 N–H and O–H groups in total. The van der Waals surface area contributed by atoms with Gasteiger partial charge in [0.25, 0.3) is 0 Å². The Bertz CT molecular complexity index is 708. The molecule has 0 unspecified atom stereocenters. The summed E-state index contributed by atoms with van der Waals surface area (Å²) in [6, 6.07) is 5.26. The predicted octanol–water partition coefficient (Wildman–Crippen LogP) is 2.14. The van der Waals surface area contributed by atoms with Gasteiger partial charge in [-0.05, 0) is 30.0 Å². The van der Waals surface area contributed by atoms with Crippen LogP contribution in [0.3, 0.4) is 0 Å². The summed E-state index contributed by atoms with van der Waals surface area (Å²) < 4.78 is 32.8. The second kappa shape index (κ2) is 8.19. The highest BCUT2D eigenvalue weighted by atomic mass is 32.2. The van der Waals surface area contributed by atoms with Crippen molar-refractivity contribution < 1.29 is 17.9 Å². The Morgan fingerprint density at radius 1 is 1.20 bits per heavy atom. The number of rotatable bonds is 6. The zero-order valence-corrected chi connectivity index (χ0v) is 16.3. The third-order valence-corrected chi connectivity index (χ3v) is 6.35. The maximum absolute atomic E-state index is 13.0. The Hall–Kier alpha value is -1.60. The average molecular weight is 368 g/mol. The third-order valence-electron chi connectivity index (χ3n) is 4.43. The molecule has 0 aliphatic carbocycles. The van der Waals surface area contributed by atoms with Gasteiger partial charge in [-0.15, -0.1) is 0 Å². The van der Waals surface area contributed by atoms with Crippen LogP contribution in [0.4, 0.5) is 0 Å². The first-order valence-electron chi connectivity index (χ1n) is 8.74. The fourth-order valence-electron chi connectivity index (χ4n) is 2.94. The number of amides is 1. The molecule has 1 aromatic carbocycles. The Morgan fingerprint density at radius 2 is 1.84 bits per heavy atom. The molecular weight excluding hydrogens is 340 g/mol. The van der Waals surface area contributed by atoms with Crippen LogP contribution in [0.15, 0.2) is 23.1 Å². The van der Waals surface area contributed by atoms with Gasteiger partial charge in [0.05, 0.1) is 7.11 Å². The van der Waals surface area contributed by atoms with Gasteiger partial charge in [0.15, 0.2) is 0 Å². The second-order valence-electron chi connectivity index (χ2n) is 6.72. The number of sulfonamides is 1. The SMILES string of the molecule is CCc1ccc(OC)c(S(=O)(=O)N2CCN(C(=O)CC(C)C)CC2)c1. The molecule has 0 saturated carbocycles. The largest absolute Gasteiger partial charge is 0.495 e. The highest BCUT2D eigenvalue weighted by molar-refractivity contribution is 7.89. The molecule has 0 atom stereocenters. The van der Waals surface area contributed by atoms with E-state index in [0.717, 1.165) is 12.0 Å². The van der Waals surface area contributed by atoms with Crippen LogP contribution in [0, 0.1) is 5.92 Å². The van der Waals surface area contributed by atoms with Crippen molar-refractivity contribution in [2.24, 2.45) is 5.92 Å². The van der Waals surface area contributed by atoms with Gasteiger partial charge in [-0.3, -0.25) is 4.79 Å². The van der Waals surface area contributed by atoms with Crippen molar-refractivity contribution >= 4 is 15.9 Å². The number of nitrogens with zero attached hydrogens (tertiary/aromatic N) is 2. The molecule has 1 aliphatic rings. The van der Waals surface area contributed by atoms with E-state index in [-0.39, 0.29) is 10.8 Å². The lowest BCUT2D eigenvalue weighted by atomic mass is 10.1. The molecule has 1 heterocycles. The van der Waals surface area contributed by atoms with Crippen LogP contribution >= 0.6 is 0 Å². The zero-order valence-electron chi connectivity index (χ0n) is 15.5. The minimum atomic E-state index is -3.64. The fourth-order valence-corrected chi connectivity index (χ4v) is 4.57. The highest BCUT2D eigenvalue weighted by Gasteiger charge is 2.32. The molecule has 1 aliphatic heterocycles. The smallest absolute Gasteiger partial charge is 0.246 e. The van der Waals surface area contributed by atoms with Gasteiger partial charge >= 0.3 is 0 Å². The van der Waals surface area contributed by atoms with Gasteiger partial charge in [0.2, 0.25) is 15.9 Å². The molecule has 6 nitrogen and oxygen atoms in total. The van der Waals surface area contributed by atoms with Crippen LogP contribution in [0.2, 0.25) is 0 Å². The Kier molecular flexibility index (Phi) is 6.46. The van der Waals surface area contributed by atoms with Crippen molar-refractivity contribution in [3.63, 3.8) is 0 Å². The number of methoxy groups -OCH3 is 1. The van der Waals surface area contributed by atoms with Gasteiger partial charge in [0.1, 0.15) is 10.6 Å². The molecule has 2 rings (SSSR count). The van der Waals surface area contributed by atoms with Crippen LogP contribution in [-0.2, 0) is 21.2 Å². The zero-order chi connectivity index (χ0) is 18.6. The minimum absolute atomic E-state index is 0.0950. The van der Waals surface area contributed by atoms with Crippen molar-refractivity contribution in [3.8, 4) is 5.75 Å². The van der Waals surface area contributed by atoms with E-state index in [2.05, 4.69) is 0 Å². The van der Waals surface area contributed by atoms with E-state index < -0.39 is 10.0 Å². The predicted molar refractivity (Wildman–Crippen MR) is 97.2 cm³/mol. The lowest BCUT2D eigenvalue weighted by Crippen LogP contribution is -2.50. The number of carbonyl (C=O) groups is 1. The number of ether oxygens (including phenoxy) is 1. The van der Waals surface area contributed by atoms with Crippen LogP contribution in [0.25, 0.3) is 0 Å². The molecule has 1 saturated heterocycles. The molecule has 1 amide bonds. The molecule has 0 spiro atoms. The number of hydrogen-bond donors (Lipinski definition) is 0. The Labute approximate surface area is 150 Å². The molecule has 25 heavy (non-hydrogen) atoms. The highest BCUT2D eigenvalue weighted by Crippen LogP contribution is 2.28. The summed E-state index contributed by atoms with van der Waals surface area (Å²) in [7, 11) is -2.16. The summed E-state index contributed by atoms with van der Waals surface area (Å²) in [6.07, 6.45) is 1.25. The summed E-state index contributed by atoms with van der Waals surface area (Å²) in [5.74, 6) is 0.753. The fraction of sp³-hybridized carbons (Fsp3) is 0.611. The number of hydrogen-bond acceptors (Lipinski definition) is 4. The van der Waals surface area contributed by atoms with Crippen molar-refractivity contribution in [3.05, 3.63) is 23.8 Å². The van der Waals surface area contributed by atoms with Gasteiger partial charge in [-0.1, -0.05) is 26.8 Å². The Morgan fingerprint density at radius 3 is 2.36 bits per heavy atom. The summed E-state index contributed by atoms with van der Waals surface area (Å²) in [4.78, 5) is 14.1. The van der Waals surface area contributed by atoms with Gasteiger partial charge in [0, 0.05) is 32.6 Å². The first-order chi connectivity index (χ1) is 11.8. The van der Waals surface area contributed by atoms with Crippen molar-refractivity contribution in [1.82, 2.24) is 9.21 Å². The van der Waals surface area contributed by atoms with E-state index in [0.29, 0.717) is 44.3 Å². The van der Waals surface area contributed by atoms with Gasteiger partial charge < -0.3 is 9.64 Å². The number of carbonyl (C=O) groups excluding carboxylic acids is 1. The molecule has 0 bridgehead atoms. The van der Waals surface area contributed by atoms with Gasteiger partial charge in [-0.25, -0.2) is 8.42 Å². The standard InChI is InChI=1S/C18H28N2O4S/c1-5-15-6-7-16(24-4)17(13-15)25(22,23)20-10-8-19(9-11-20)18(21)12-14(2)3/h6-7,13-14H,5,8-12H2,1-4H3. The maximum atomic E-state index is 13.0. The first kappa shape index (κ1) is 19.7. The summed E-state index contributed by atoms with van der Waals surface area (Å²) >= 11 is 0. The van der Waals surface area contributed by atoms with E-state index >= 15 is 0 Å². The minimum Gasteiger partial charge on any atom is -0.495 e. The number of aryl methyl sites for hydroxylation is 1. The van der Waals surface area contributed by atoms with Crippen LogP contribution in [0.1, 0.15) is 32.8 Å².